The van der Waals surface area contributed by atoms with Gasteiger partial charge >= 0.3 is 0 Å². The number of nitrogens with one attached hydrogen (secondary N) is 1. The number of carbonyl (C=O) groups is 2. The smallest absolute Gasteiger partial charge is 0.226 e. The van der Waals surface area contributed by atoms with Crippen LogP contribution in [-0.4, -0.2) is 31.4 Å². The fourth-order valence-corrected chi connectivity index (χ4v) is 3.71. The second kappa shape index (κ2) is 9.11. The molecule has 0 aromatic heterocycles. The summed E-state index contributed by atoms with van der Waals surface area (Å²) in [6.07, 6.45) is 2.67. The van der Waals surface area contributed by atoms with Gasteiger partial charge in [0.25, 0.3) is 0 Å². The van der Waals surface area contributed by atoms with Crippen molar-refractivity contribution in [2.75, 3.05) is 34.8 Å². The summed E-state index contributed by atoms with van der Waals surface area (Å²) < 4.78 is 0. The molecule has 0 atom stereocenters. The topological polar surface area (TPSA) is 52.7 Å². The van der Waals surface area contributed by atoms with Crippen molar-refractivity contribution in [2.24, 2.45) is 0 Å². The minimum absolute atomic E-state index is 0.0793. The highest BCUT2D eigenvalue weighted by molar-refractivity contribution is 6.30. The Bertz CT molecular complexity index is 845. The normalized spacial score (nSPS) is 13.5. The first-order chi connectivity index (χ1) is 13.4. The highest BCUT2D eigenvalue weighted by Crippen LogP contribution is 2.24. The zero-order chi connectivity index (χ0) is 20.1. The Morgan fingerprint density at radius 1 is 1.11 bits per heavy atom. The molecule has 1 N–H and O–H groups in total. The van der Waals surface area contributed by atoms with Crippen molar-refractivity contribution in [1.82, 2.24) is 0 Å². The first-order valence-electron chi connectivity index (χ1n) is 9.63. The zero-order valence-electron chi connectivity index (χ0n) is 16.4. The summed E-state index contributed by atoms with van der Waals surface area (Å²) >= 11 is 5.95. The SMILES string of the molecule is CC(=O)N(CCC(=O)Nc1ccc(Cl)cc1C)c1ccc(N2CCCC2)cc1. The predicted octanol–water partition coefficient (Wildman–Crippen LogP) is 4.63. The van der Waals surface area contributed by atoms with Crippen molar-refractivity contribution < 1.29 is 9.59 Å². The highest BCUT2D eigenvalue weighted by Gasteiger charge is 2.16. The van der Waals surface area contributed by atoms with E-state index in [1.807, 2.05) is 31.2 Å². The van der Waals surface area contributed by atoms with Gasteiger partial charge in [-0.25, -0.2) is 0 Å². The molecule has 3 rings (SSSR count). The van der Waals surface area contributed by atoms with Gasteiger partial charge < -0.3 is 15.1 Å². The van der Waals surface area contributed by atoms with E-state index in [0.717, 1.165) is 30.0 Å². The van der Waals surface area contributed by atoms with Crippen LogP contribution in [0.5, 0.6) is 0 Å². The van der Waals surface area contributed by atoms with Gasteiger partial charge in [0.2, 0.25) is 11.8 Å². The molecule has 0 aliphatic carbocycles. The summed E-state index contributed by atoms with van der Waals surface area (Å²) in [4.78, 5) is 28.5. The monoisotopic (exact) mass is 399 g/mol. The van der Waals surface area contributed by atoms with Crippen LogP contribution >= 0.6 is 11.6 Å². The zero-order valence-corrected chi connectivity index (χ0v) is 17.1. The average Bonchev–Trinajstić information content (AvgIpc) is 3.19. The van der Waals surface area contributed by atoms with E-state index in [-0.39, 0.29) is 18.2 Å². The Labute approximate surface area is 171 Å². The van der Waals surface area contributed by atoms with Crippen molar-refractivity contribution in [3.63, 3.8) is 0 Å². The summed E-state index contributed by atoms with van der Waals surface area (Å²) in [5.74, 6) is -0.213. The maximum atomic E-state index is 12.3. The van der Waals surface area contributed by atoms with Crippen molar-refractivity contribution in [1.29, 1.82) is 0 Å². The molecule has 2 amide bonds. The predicted molar refractivity (Wildman–Crippen MR) is 115 cm³/mol. The van der Waals surface area contributed by atoms with Crippen LogP contribution in [0.4, 0.5) is 17.1 Å². The fraction of sp³-hybridized carbons (Fsp3) is 0.364. The number of benzene rings is 2. The number of nitrogens with zero attached hydrogens (tertiary/aromatic N) is 2. The Hall–Kier alpha value is -2.53. The maximum absolute atomic E-state index is 12.3. The third kappa shape index (κ3) is 5.04. The van der Waals surface area contributed by atoms with Crippen molar-refractivity contribution >= 4 is 40.5 Å². The summed E-state index contributed by atoms with van der Waals surface area (Å²) in [6, 6.07) is 13.3. The second-order valence-corrected chi connectivity index (χ2v) is 7.58. The molecule has 1 fully saturated rings. The van der Waals surface area contributed by atoms with Gasteiger partial charge in [-0.3, -0.25) is 9.59 Å². The minimum Gasteiger partial charge on any atom is -0.372 e. The van der Waals surface area contributed by atoms with Crippen LogP contribution in [0.3, 0.4) is 0 Å². The molecule has 0 bridgehead atoms. The lowest BCUT2D eigenvalue weighted by molar-refractivity contribution is -0.117. The van der Waals surface area contributed by atoms with E-state index in [9.17, 15) is 9.59 Å². The Kier molecular flexibility index (Phi) is 6.57. The van der Waals surface area contributed by atoms with Gasteiger partial charge in [-0.05, 0) is 67.8 Å². The van der Waals surface area contributed by atoms with Crippen LogP contribution in [-0.2, 0) is 9.59 Å². The number of amides is 2. The van der Waals surface area contributed by atoms with Gasteiger partial charge in [0.15, 0.2) is 0 Å². The first-order valence-corrected chi connectivity index (χ1v) is 10.0. The molecule has 0 radical (unpaired) electrons. The van der Waals surface area contributed by atoms with Crippen LogP contribution < -0.4 is 15.1 Å². The molecule has 1 aliphatic rings. The molecular formula is C22H26ClN3O2. The van der Waals surface area contributed by atoms with Crippen molar-refractivity contribution in [3.8, 4) is 0 Å². The molecule has 0 unspecified atom stereocenters. The van der Waals surface area contributed by atoms with E-state index >= 15 is 0 Å². The fourth-order valence-electron chi connectivity index (χ4n) is 3.48. The molecule has 1 saturated heterocycles. The Morgan fingerprint density at radius 2 is 1.79 bits per heavy atom. The molecule has 1 aliphatic heterocycles. The number of carbonyl (C=O) groups excluding carboxylic acids is 2. The van der Waals surface area contributed by atoms with E-state index in [1.165, 1.54) is 25.5 Å². The van der Waals surface area contributed by atoms with Crippen molar-refractivity contribution in [2.45, 2.75) is 33.1 Å². The quantitative estimate of drug-likeness (QED) is 0.770. The molecule has 1 heterocycles. The van der Waals surface area contributed by atoms with E-state index < -0.39 is 0 Å². The number of hydrogen-bond donors (Lipinski definition) is 1. The number of hydrogen-bond acceptors (Lipinski definition) is 3. The number of anilines is 3. The lowest BCUT2D eigenvalue weighted by atomic mass is 10.2. The molecule has 2 aromatic carbocycles. The molecule has 2 aromatic rings. The molecular weight excluding hydrogens is 374 g/mol. The molecule has 0 spiro atoms. The van der Waals surface area contributed by atoms with E-state index in [0.29, 0.717) is 11.6 Å². The third-order valence-corrected chi connectivity index (χ3v) is 5.27. The Morgan fingerprint density at radius 3 is 2.39 bits per heavy atom. The van der Waals surface area contributed by atoms with Crippen LogP contribution in [0.15, 0.2) is 42.5 Å². The minimum atomic E-state index is -0.134. The Balaban J connectivity index is 1.61. The number of aryl methyl sites for hydroxylation is 1. The van der Waals surface area contributed by atoms with Gasteiger partial charge in [-0.15, -0.1) is 0 Å². The van der Waals surface area contributed by atoms with E-state index in [4.69, 9.17) is 11.6 Å². The van der Waals surface area contributed by atoms with Gasteiger partial charge in [0.05, 0.1) is 0 Å². The standard InChI is InChI=1S/C22H26ClN3O2/c1-16-15-18(23)5-10-21(16)24-22(28)11-14-26(17(2)27)20-8-6-19(7-9-20)25-12-3-4-13-25/h5-10,15H,3-4,11-14H2,1-2H3,(H,24,28). The van der Waals surface area contributed by atoms with Gasteiger partial charge in [-0.1, -0.05) is 11.6 Å². The van der Waals surface area contributed by atoms with Crippen LogP contribution in [0.1, 0.15) is 31.7 Å². The molecule has 5 nitrogen and oxygen atoms in total. The van der Waals surface area contributed by atoms with Crippen LogP contribution in [0.25, 0.3) is 0 Å². The largest absolute Gasteiger partial charge is 0.372 e. The van der Waals surface area contributed by atoms with Crippen LogP contribution in [0, 0.1) is 6.92 Å². The second-order valence-electron chi connectivity index (χ2n) is 7.14. The summed E-state index contributed by atoms with van der Waals surface area (Å²) in [5.41, 5.74) is 3.63. The van der Waals surface area contributed by atoms with Gasteiger partial charge in [0.1, 0.15) is 0 Å². The first kappa shape index (κ1) is 20.2. The average molecular weight is 400 g/mol. The van der Waals surface area contributed by atoms with Gasteiger partial charge in [-0.2, -0.15) is 0 Å². The molecule has 148 valence electrons. The molecule has 0 saturated carbocycles. The maximum Gasteiger partial charge on any atom is 0.226 e. The van der Waals surface area contributed by atoms with Crippen LogP contribution in [0.2, 0.25) is 5.02 Å². The van der Waals surface area contributed by atoms with E-state index in [1.54, 1.807) is 23.1 Å². The summed E-state index contributed by atoms with van der Waals surface area (Å²) in [6.45, 7) is 5.91. The summed E-state index contributed by atoms with van der Waals surface area (Å²) in [5, 5.41) is 3.52. The summed E-state index contributed by atoms with van der Waals surface area (Å²) in [7, 11) is 0. The number of halogens is 1. The highest BCUT2D eigenvalue weighted by atomic mass is 35.5. The lowest BCUT2D eigenvalue weighted by Crippen LogP contribution is -2.32. The van der Waals surface area contributed by atoms with Gasteiger partial charge in [0, 0.05) is 55.1 Å². The van der Waals surface area contributed by atoms with E-state index in [2.05, 4.69) is 10.2 Å². The lowest BCUT2D eigenvalue weighted by Gasteiger charge is -2.23. The number of rotatable bonds is 6. The van der Waals surface area contributed by atoms with Crippen molar-refractivity contribution in [3.05, 3.63) is 53.1 Å². The molecule has 6 heteroatoms. The third-order valence-electron chi connectivity index (χ3n) is 5.04. The molecule has 28 heavy (non-hydrogen) atoms.